The van der Waals surface area contributed by atoms with E-state index in [0.717, 1.165) is 34.6 Å². The molecule has 1 unspecified atom stereocenters. The zero-order valence-electron chi connectivity index (χ0n) is 26.9. The zero-order valence-corrected chi connectivity index (χ0v) is 26.9. The number of esters is 1. The molecule has 0 radical (unpaired) electrons. The van der Waals surface area contributed by atoms with Crippen LogP contribution in [0, 0.1) is 23.2 Å². The van der Waals surface area contributed by atoms with Gasteiger partial charge in [0.15, 0.2) is 0 Å². The van der Waals surface area contributed by atoms with Crippen molar-refractivity contribution in [3.8, 4) is 6.07 Å². The number of anilines is 2. The monoisotopic (exact) mass is 666 g/mol. The van der Waals surface area contributed by atoms with E-state index < -0.39 is 35.9 Å². The Hall–Kier alpha value is -4.90. The standard InChI is InChI=1S/C33H35F3N6O3.CH2O2/c1-20(19-42-12-9-22(10-13-42)11-14-42)15-24-16-23(18-37)7-8-27(24)29-28(30(43)45-3)21(2)40(31-38-39-32(44)41(29)31)26-6-4-5-25(17-26)33(34,35)36;2-1-3/h4-8,16-17,20,22,29H,9-15,19H2,1-3H3;1H,(H,2,3)/t20?,22?,29-,42?;/m1./s1. The SMILES string of the molecule is COC(=O)C1=C(C)N(c2cccc(C(F)(F)F)c2)c2n[nH]c(=O)n2[C@@H]1c1ccc(C#N)cc1CC(C)C[N+]12CCC(CC1)CC2.O=C[O-]. The molecule has 5 heterocycles. The van der Waals surface area contributed by atoms with Crippen molar-refractivity contribution in [3.63, 3.8) is 0 Å². The van der Waals surface area contributed by atoms with Crippen molar-refractivity contribution >= 4 is 24.1 Å². The Labute approximate surface area is 275 Å². The van der Waals surface area contributed by atoms with Crippen LogP contribution in [0.2, 0.25) is 0 Å². The van der Waals surface area contributed by atoms with Crippen LogP contribution in [0.15, 0.2) is 58.5 Å². The third-order valence-electron chi connectivity index (χ3n) is 9.85. The first-order chi connectivity index (χ1) is 22.9. The summed E-state index contributed by atoms with van der Waals surface area (Å²) in [6, 6.07) is 11.1. The second kappa shape index (κ2) is 13.7. The van der Waals surface area contributed by atoms with Crippen molar-refractivity contribution in [2.75, 3.05) is 38.2 Å². The van der Waals surface area contributed by atoms with Gasteiger partial charge in [0, 0.05) is 23.8 Å². The van der Waals surface area contributed by atoms with E-state index in [2.05, 4.69) is 23.2 Å². The molecule has 1 aromatic heterocycles. The summed E-state index contributed by atoms with van der Waals surface area (Å²) in [4.78, 5) is 36.6. The lowest BCUT2D eigenvalue weighted by molar-refractivity contribution is -0.945. The number of methoxy groups -OCH3 is 1. The number of nitrogens with zero attached hydrogens (tertiary/aromatic N) is 5. The van der Waals surface area contributed by atoms with Crippen LogP contribution >= 0.6 is 0 Å². The zero-order chi connectivity index (χ0) is 34.8. The number of benzene rings is 2. The molecular formula is C34H37F3N6O5. The topological polar surface area (TPSA) is 144 Å². The van der Waals surface area contributed by atoms with Crippen LogP contribution < -0.4 is 15.7 Å². The first-order valence-corrected chi connectivity index (χ1v) is 15.7. The van der Waals surface area contributed by atoms with E-state index in [1.54, 1.807) is 19.1 Å². The van der Waals surface area contributed by atoms with E-state index in [9.17, 15) is 28.0 Å². The van der Waals surface area contributed by atoms with Crippen LogP contribution in [0.25, 0.3) is 0 Å². The molecule has 14 heteroatoms. The molecule has 0 amide bonds. The van der Waals surface area contributed by atoms with Crippen LogP contribution in [0.3, 0.4) is 0 Å². The number of fused-ring (bicyclic) bond motifs is 4. The first kappa shape index (κ1) is 34.4. The van der Waals surface area contributed by atoms with Gasteiger partial charge in [-0.25, -0.2) is 19.3 Å². The van der Waals surface area contributed by atoms with Crippen LogP contribution in [0.4, 0.5) is 24.8 Å². The highest BCUT2D eigenvalue weighted by atomic mass is 19.4. The van der Waals surface area contributed by atoms with Crippen molar-refractivity contribution in [3.05, 3.63) is 86.5 Å². The molecule has 4 aliphatic rings. The van der Waals surface area contributed by atoms with Crippen molar-refractivity contribution < 1.29 is 37.1 Å². The Balaban J connectivity index is 0.00000145. The number of quaternary nitrogens is 1. The van der Waals surface area contributed by atoms with Crippen molar-refractivity contribution in [2.24, 2.45) is 11.8 Å². The number of alkyl halides is 3. The molecule has 0 spiro atoms. The van der Waals surface area contributed by atoms with Gasteiger partial charge in [0.2, 0.25) is 5.95 Å². The maximum atomic E-state index is 13.7. The summed E-state index contributed by atoms with van der Waals surface area (Å²) >= 11 is 0. The molecule has 3 aromatic rings. The van der Waals surface area contributed by atoms with E-state index in [1.165, 1.54) is 67.6 Å². The fraction of sp³-hybridized carbons (Fsp3) is 0.441. The van der Waals surface area contributed by atoms with Crippen molar-refractivity contribution in [1.29, 1.82) is 5.26 Å². The summed E-state index contributed by atoms with van der Waals surface area (Å²) < 4.78 is 48.6. The average Bonchev–Trinajstić information content (AvgIpc) is 3.44. The molecule has 2 atom stereocenters. The maximum Gasteiger partial charge on any atom is 0.416 e. The number of hydrogen-bond donors (Lipinski definition) is 1. The Kier molecular flexibility index (Phi) is 9.81. The lowest BCUT2D eigenvalue weighted by atomic mass is 9.83. The number of carbonyl (C=O) groups is 2. The van der Waals surface area contributed by atoms with Gasteiger partial charge in [-0.05, 0) is 80.0 Å². The number of carboxylic acid groups (broad SMARTS) is 1. The van der Waals surface area contributed by atoms with E-state index in [4.69, 9.17) is 14.6 Å². The predicted octanol–water partition coefficient (Wildman–Crippen LogP) is 3.83. The number of halogens is 3. The number of allylic oxidation sites excluding steroid dienone is 1. The average molecular weight is 667 g/mol. The lowest BCUT2D eigenvalue weighted by Gasteiger charge is -2.50. The van der Waals surface area contributed by atoms with Crippen LogP contribution in [-0.2, 0) is 26.9 Å². The number of piperidine rings is 3. The highest BCUT2D eigenvalue weighted by Crippen LogP contribution is 2.44. The van der Waals surface area contributed by atoms with Crippen LogP contribution in [-0.4, -0.2) is 65.0 Å². The Morgan fingerprint density at radius 1 is 1.21 bits per heavy atom. The van der Waals surface area contributed by atoms with E-state index in [0.29, 0.717) is 17.5 Å². The minimum Gasteiger partial charge on any atom is -0.554 e. The number of carbonyl (C=O) groups excluding carboxylic acids is 2. The number of H-pyrrole nitrogens is 1. The van der Waals surface area contributed by atoms with Gasteiger partial charge in [0.25, 0.3) is 0 Å². The number of nitriles is 1. The molecule has 2 aromatic carbocycles. The summed E-state index contributed by atoms with van der Waals surface area (Å²) in [6.45, 7) is 7.82. The molecule has 7 rings (SSSR count). The quantitative estimate of drug-likeness (QED) is 0.228. The number of aromatic nitrogens is 3. The van der Waals surface area contributed by atoms with E-state index >= 15 is 0 Å². The second-order valence-corrected chi connectivity index (χ2v) is 12.8. The number of hydrogen-bond acceptors (Lipinski definition) is 8. The molecule has 48 heavy (non-hydrogen) atoms. The molecule has 1 N–H and O–H groups in total. The van der Waals surface area contributed by atoms with Gasteiger partial charge in [0.05, 0.1) is 56.1 Å². The van der Waals surface area contributed by atoms with Crippen molar-refractivity contribution in [2.45, 2.75) is 51.7 Å². The van der Waals surface area contributed by atoms with Crippen LogP contribution in [0.5, 0.6) is 0 Å². The summed E-state index contributed by atoms with van der Waals surface area (Å²) in [5, 5.41) is 24.7. The minimum absolute atomic E-state index is 0.0346. The minimum atomic E-state index is -4.61. The second-order valence-electron chi connectivity index (χ2n) is 12.8. The predicted molar refractivity (Wildman–Crippen MR) is 166 cm³/mol. The molecule has 2 bridgehead atoms. The number of nitrogens with one attached hydrogen (secondary N) is 1. The smallest absolute Gasteiger partial charge is 0.416 e. The van der Waals surface area contributed by atoms with Gasteiger partial charge < -0.3 is 19.1 Å². The van der Waals surface area contributed by atoms with Crippen LogP contribution in [0.1, 0.15) is 61.4 Å². The fourth-order valence-electron chi connectivity index (χ4n) is 7.71. The van der Waals surface area contributed by atoms with Gasteiger partial charge in [-0.3, -0.25) is 4.90 Å². The normalized spacial score (nSPS) is 22.2. The summed E-state index contributed by atoms with van der Waals surface area (Å²) in [7, 11) is 1.22. The Morgan fingerprint density at radius 3 is 2.48 bits per heavy atom. The maximum absolute atomic E-state index is 13.7. The van der Waals surface area contributed by atoms with Gasteiger partial charge in [-0.2, -0.15) is 18.4 Å². The van der Waals surface area contributed by atoms with Crippen molar-refractivity contribution in [1.82, 2.24) is 14.8 Å². The first-order valence-electron chi connectivity index (χ1n) is 15.7. The molecule has 0 saturated carbocycles. The number of ether oxygens (including phenoxy) is 1. The number of rotatable bonds is 7. The molecule has 4 aliphatic heterocycles. The molecule has 3 saturated heterocycles. The van der Waals surface area contributed by atoms with E-state index in [1.807, 2.05) is 6.07 Å². The summed E-state index contributed by atoms with van der Waals surface area (Å²) in [5.41, 5.74) is 0.817. The molecular weight excluding hydrogens is 629 g/mol. The Morgan fingerprint density at radius 2 is 1.88 bits per heavy atom. The van der Waals surface area contributed by atoms with Gasteiger partial charge >= 0.3 is 17.8 Å². The largest absolute Gasteiger partial charge is 0.554 e. The molecule has 3 fully saturated rings. The summed E-state index contributed by atoms with van der Waals surface area (Å²) in [5.74, 6) is 0.387. The third-order valence-corrected chi connectivity index (χ3v) is 9.85. The molecule has 11 nitrogen and oxygen atoms in total. The highest BCUT2D eigenvalue weighted by molar-refractivity contribution is 5.93. The number of aromatic amines is 1. The van der Waals surface area contributed by atoms with E-state index in [-0.39, 0.29) is 28.8 Å². The van der Waals surface area contributed by atoms with Gasteiger partial charge in [-0.1, -0.05) is 19.1 Å². The van der Waals surface area contributed by atoms with Gasteiger partial charge in [-0.15, -0.1) is 5.10 Å². The lowest BCUT2D eigenvalue weighted by Crippen LogP contribution is -2.59. The Bertz CT molecular complexity index is 1800. The summed E-state index contributed by atoms with van der Waals surface area (Å²) in [6.07, 6.45) is -0.232. The van der Waals surface area contributed by atoms with Gasteiger partial charge in [0.1, 0.15) is 6.04 Å². The third kappa shape index (κ3) is 6.60. The molecule has 254 valence electrons. The fourth-order valence-corrected chi connectivity index (χ4v) is 7.71. The molecule has 0 aliphatic carbocycles. The highest BCUT2D eigenvalue weighted by Gasteiger charge is 2.43.